The lowest BCUT2D eigenvalue weighted by Gasteiger charge is -2.44. The number of halogens is 5. The molecule has 2 saturated heterocycles. The van der Waals surface area contributed by atoms with Crippen LogP contribution in [-0.4, -0.2) is 68.6 Å². The monoisotopic (exact) mass is 678 g/mol. The van der Waals surface area contributed by atoms with Gasteiger partial charge in [0, 0.05) is 71.2 Å². The second-order valence-electron chi connectivity index (χ2n) is 12.1. The number of rotatable bonds is 3. The van der Waals surface area contributed by atoms with E-state index in [1.165, 1.54) is 10.6 Å². The Bertz CT molecular complexity index is 2010. The summed E-state index contributed by atoms with van der Waals surface area (Å²) in [6, 6.07) is 0.566. The normalized spacial score (nSPS) is 20.9. The smallest absolute Gasteiger partial charge is 0.417 e. The molecule has 2 aromatic heterocycles. The molecule has 2 fully saturated rings. The molecule has 1 spiro atoms. The molecule has 16 heteroatoms. The molecule has 0 radical (unpaired) electrons. The van der Waals surface area contributed by atoms with Crippen molar-refractivity contribution in [3.8, 4) is 16.9 Å². The van der Waals surface area contributed by atoms with E-state index in [4.69, 9.17) is 10.5 Å². The lowest BCUT2D eigenvalue weighted by atomic mass is 9.93. The maximum absolute atomic E-state index is 15.8. The van der Waals surface area contributed by atoms with Gasteiger partial charge in [-0.15, -0.1) is 0 Å². The number of aromatic nitrogens is 3. The van der Waals surface area contributed by atoms with Gasteiger partial charge in [-0.3, -0.25) is 9.36 Å². The number of nitrogen functional groups attached to an aromatic ring is 1. The first-order valence-corrected chi connectivity index (χ1v) is 16.3. The van der Waals surface area contributed by atoms with Crippen LogP contribution in [0.2, 0.25) is 0 Å². The van der Waals surface area contributed by atoms with Crippen molar-refractivity contribution in [2.24, 2.45) is 5.41 Å². The zero-order valence-electron chi connectivity index (χ0n) is 24.6. The summed E-state index contributed by atoms with van der Waals surface area (Å²) in [6.45, 7) is 7.55. The molecule has 2 N–H and O–H groups in total. The molecule has 4 aromatic rings. The third-order valence-corrected chi connectivity index (χ3v) is 11.3. The van der Waals surface area contributed by atoms with Gasteiger partial charge in [0.1, 0.15) is 17.5 Å². The number of carbonyl (C=O) groups is 1. The Hall–Kier alpha value is -3.92. The highest BCUT2D eigenvalue weighted by Gasteiger charge is 2.46. The zero-order chi connectivity index (χ0) is 32.9. The Kier molecular flexibility index (Phi) is 7.05. The third-order valence-electron chi connectivity index (χ3n) is 8.82. The van der Waals surface area contributed by atoms with E-state index >= 15 is 17.6 Å². The van der Waals surface area contributed by atoms with Crippen LogP contribution in [0.1, 0.15) is 19.4 Å². The molecule has 9 nitrogen and oxygen atoms in total. The van der Waals surface area contributed by atoms with E-state index in [-0.39, 0.29) is 70.0 Å². The van der Waals surface area contributed by atoms with Crippen LogP contribution in [0.15, 0.2) is 29.6 Å². The number of nitrogens with two attached hydrogens (primary N) is 1. The molecule has 0 saturated carbocycles. The highest BCUT2D eigenvalue weighted by Crippen LogP contribution is 2.53. The van der Waals surface area contributed by atoms with E-state index in [2.05, 4.69) is 16.5 Å². The molecule has 0 unspecified atom stereocenters. The molecule has 3 aliphatic rings. The Morgan fingerprint density at radius 1 is 1.13 bits per heavy atom. The fraction of sp³-hybridized carbons (Fsp3) is 0.400. The van der Waals surface area contributed by atoms with E-state index in [0.29, 0.717) is 28.9 Å². The van der Waals surface area contributed by atoms with Gasteiger partial charge in [0.05, 0.1) is 27.9 Å². The Labute approximate surface area is 266 Å². The number of alkyl halides is 3. The first kappa shape index (κ1) is 30.7. The lowest BCUT2D eigenvalue weighted by Crippen LogP contribution is -2.58. The molecule has 3 aliphatic heterocycles. The summed E-state index contributed by atoms with van der Waals surface area (Å²) in [7, 11) is 0. The number of carbonyl (C=O) groups excluding carboxylic acids is 1. The molecule has 7 rings (SSSR count). The first-order valence-electron chi connectivity index (χ1n) is 14.4. The van der Waals surface area contributed by atoms with Crippen molar-refractivity contribution in [3.63, 3.8) is 0 Å². The Morgan fingerprint density at radius 3 is 2.43 bits per heavy atom. The minimum atomic E-state index is -5.05. The van der Waals surface area contributed by atoms with E-state index in [0.717, 1.165) is 6.07 Å². The Balaban J connectivity index is 1.56. The van der Waals surface area contributed by atoms with Gasteiger partial charge in [-0.1, -0.05) is 17.9 Å². The van der Waals surface area contributed by atoms with Crippen molar-refractivity contribution in [3.05, 3.63) is 52.5 Å². The summed E-state index contributed by atoms with van der Waals surface area (Å²) in [4.78, 5) is 38.1. The van der Waals surface area contributed by atoms with Crippen LogP contribution < -0.4 is 21.1 Å². The zero-order valence-corrected chi connectivity index (χ0v) is 26.2. The van der Waals surface area contributed by atoms with Gasteiger partial charge in [-0.25, -0.2) is 18.6 Å². The number of fused-ring (bicyclic) bond motifs is 1. The predicted octanol–water partition coefficient (Wildman–Crippen LogP) is 5.29. The van der Waals surface area contributed by atoms with Gasteiger partial charge in [-0.2, -0.15) is 29.9 Å². The summed E-state index contributed by atoms with van der Waals surface area (Å²) in [6.07, 6.45) is -3.86. The van der Waals surface area contributed by atoms with Crippen LogP contribution in [0.25, 0.3) is 32.2 Å². The summed E-state index contributed by atoms with van der Waals surface area (Å²) < 4.78 is 83.4. The number of piperazine rings is 1. The highest BCUT2D eigenvalue weighted by atomic mass is 32.2. The average Bonchev–Trinajstić information content (AvgIpc) is 3.24. The van der Waals surface area contributed by atoms with Crippen LogP contribution >= 0.6 is 23.1 Å². The number of hydrogen-bond acceptors (Lipinski definition) is 9. The standard InChI is InChI=1S/C30H27F5N6O3S2/c1-4-19(42)41-13(2)7-39(8-14(41)3)26-15-5-16(30(33,34)35)20(21-17(31)6-18(32)25-22(21)37-27(36)46-25)24-23(15)40(28(43)38-26)9-29(10-44-24)11-45-12-29/h4-6,13-14H,1,7-12H2,2-3H3,(H2,36,37)/t13-,14+. The maximum Gasteiger partial charge on any atom is 0.417 e. The third kappa shape index (κ3) is 4.62. The molecule has 2 aromatic carbocycles. The summed E-state index contributed by atoms with van der Waals surface area (Å²) >= 11 is 2.29. The first-order chi connectivity index (χ1) is 21.7. The lowest BCUT2D eigenvalue weighted by molar-refractivity contribution is -0.137. The minimum absolute atomic E-state index is 0.0101. The molecule has 46 heavy (non-hydrogen) atoms. The summed E-state index contributed by atoms with van der Waals surface area (Å²) in [5, 5.41) is -0.179. The van der Waals surface area contributed by atoms with E-state index in [1.807, 2.05) is 0 Å². The van der Waals surface area contributed by atoms with E-state index in [1.54, 1.807) is 35.4 Å². The number of nitrogens with zero attached hydrogens (tertiary/aromatic N) is 5. The molecule has 0 bridgehead atoms. The second kappa shape index (κ2) is 10.6. The van der Waals surface area contributed by atoms with Crippen LogP contribution in [0.3, 0.4) is 0 Å². The van der Waals surface area contributed by atoms with Gasteiger partial charge in [0.25, 0.3) is 0 Å². The second-order valence-corrected chi connectivity index (χ2v) is 14.1. The molecular weight excluding hydrogens is 651 g/mol. The number of ether oxygens (including phenoxy) is 1. The van der Waals surface area contributed by atoms with Crippen LogP contribution in [-0.2, 0) is 17.5 Å². The molecule has 2 atom stereocenters. The van der Waals surface area contributed by atoms with Crippen molar-refractivity contribution >= 4 is 61.1 Å². The van der Waals surface area contributed by atoms with E-state index in [9.17, 15) is 14.0 Å². The fourth-order valence-electron chi connectivity index (χ4n) is 6.87. The average molecular weight is 679 g/mol. The van der Waals surface area contributed by atoms with Gasteiger partial charge in [0.2, 0.25) is 5.91 Å². The van der Waals surface area contributed by atoms with Crippen molar-refractivity contribution in [1.29, 1.82) is 0 Å². The molecule has 0 aliphatic carbocycles. The van der Waals surface area contributed by atoms with Gasteiger partial charge in [-0.05, 0) is 26.0 Å². The maximum atomic E-state index is 15.8. The van der Waals surface area contributed by atoms with Crippen LogP contribution in [0, 0.1) is 17.0 Å². The number of hydrogen-bond donors (Lipinski definition) is 1. The van der Waals surface area contributed by atoms with Crippen LogP contribution in [0.5, 0.6) is 5.75 Å². The van der Waals surface area contributed by atoms with Gasteiger partial charge >= 0.3 is 11.9 Å². The van der Waals surface area contributed by atoms with Crippen molar-refractivity contribution in [2.75, 3.05) is 41.8 Å². The Morgan fingerprint density at radius 2 is 1.83 bits per heavy atom. The predicted molar refractivity (Wildman–Crippen MR) is 167 cm³/mol. The van der Waals surface area contributed by atoms with E-state index < -0.39 is 57.7 Å². The molecular formula is C30H27F5N6O3S2. The fourth-order valence-corrected chi connectivity index (χ4v) is 8.75. The number of anilines is 2. The largest absolute Gasteiger partial charge is 0.490 e. The van der Waals surface area contributed by atoms with Crippen LogP contribution in [0.4, 0.5) is 32.9 Å². The highest BCUT2D eigenvalue weighted by molar-refractivity contribution is 8.00. The number of amides is 1. The number of thiazole rings is 1. The van der Waals surface area contributed by atoms with Gasteiger partial charge < -0.3 is 20.3 Å². The molecule has 1 amide bonds. The summed E-state index contributed by atoms with van der Waals surface area (Å²) in [5.74, 6) is -1.79. The van der Waals surface area contributed by atoms with Crippen molar-refractivity contribution in [2.45, 2.75) is 38.7 Å². The summed E-state index contributed by atoms with van der Waals surface area (Å²) in [5.41, 5.74) is 1.62. The molecule has 242 valence electrons. The number of thioether (sulfide) groups is 1. The topological polar surface area (TPSA) is 107 Å². The number of benzene rings is 2. The van der Waals surface area contributed by atoms with Gasteiger partial charge in [0.15, 0.2) is 10.9 Å². The van der Waals surface area contributed by atoms with Crippen molar-refractivity contribution < 1.29 is 31.5 Å². The quantitative estimate of drug-likeness (QED) is 0.230. The van der Waals surface area contributed by atoms with Crippen molar-refractivity contribution in [1.82, 2.24) is 19.4 Å². The SMILES string of the molecule is C=CC(=O)N1[C@H](C)CN(c2nc(=O)n3c4c(c(-c5c(F)cc(F)c6sc(N)nc56)c(C(F)(F)F)cc24)OCC2(CSC2)C3)C[C@@H]1C. The minimum Gasteiger partial charge on any atom is -0.490 e. The molecule has 5 heterocycles.